The summed E-state index contributed by atoms with van der Waals surface area (Å²) < 4.78 is 0. The van der Waals surface area contributed by atoms with Crippen molar-refractivity contribution in [1.29, 1.82) is 0 Å². The lowest BCUT2D eigenvalue weighted by Gasteiger charge is -2.10. The lowest BCUT2D eigenvalue weighted by Crippen LogP contribution is -2.25. The Morgan fingerprint density at radius 2 is 2.50 bits per heavy atom. The van der Waals surface area contributed by atoms with Crippen LogP contribution in [0.25, 0.3) is 0 Å². The zero-order valence-corrected chi connectivity index (χ0v) is 6.08. The predicted octanol–water partition coefficient (Wildman–Crippen LogP) is 1.09. The summed E-state index contributed by atoms with van der Waals surface area (Å²) in [4.78, 5) is 0. The lowest BCUT2D eigenvalue weighted by molar-refractivity contribution is 0.496. The molecule has 0 spiro atoms. The molecule has 1 saturated heterocycles. The van der Waals surface area contributed by atoms with Crippen LogP contribution >= 0.6 is 11.8 Å². The maximum absolute atomic E-state index is 5.68. The molecule has 1 aliphatic rings. The fraction of sp³-hybridized carbons (Fsp3) is 1.00. The van der Waals surface area contributed by atoms with E-state index in [1.807, 2.05) is 11.8 Å². The molecule has 48 valence electrons. The van der Waals surface area contributed by atoms with Gasteiger partial charge in [-0.2, -0.15) is 11.8 Å². The largest absolute Gasteiger partial charge is 0.328 e. The molecule has 8 heavy (non-hydrogen) atoms. The van der Waals surface area contributed by atoms with Crippen molar-refractivity contribution < 1.29 is 0 Å². The number of thioether (sulfide) groups is 1. The maximum Gasteiger partial charge on any atom is 0.00469 e. The standard InChI is InChI=1S/C6H13NS/c1-5(7)6-2-3-8-4-6/h5-6H,2-4,7H2,1H3. The summed E-state index contributed by atoms with van der Waals surface area (Å²) >= 11 is 2.03. The summed E-state index contributed by atoms with van der Waals surface area (Å²) in [6, 6.07) is 0.421. The van der Waals surface area contributed by atoms with Crippen LogP contribution in [0.3, 0.4) is 0 Å². The van der Waals surface area contributed by atoms with E-state index < -0.39 is 0 Å². The van der Waals surface area contributed by atoms with E-state index in [1.54, 1.807) is 0 Å². The van der Waals surface area contributed by atoms with Crippen molar-refractivity contribution in [3.63, 3.8) is 0 Å². The molecule has 0 aliphatic carbocycles. The highest BCUT2D eigenvalue weighted by Gasteiger charge is 2.18. The Morgan fingerprint density at radius 3 is 2.75 bits per heavy atom. The van der Waals surface area contributed by atoms with Crippen molar-refractivity contribution in [3.8, 4) is 0 Å². The van der Waals surface area contributed by atoms with Crippen LogP contribution in [0.4, 0.5) is 0 Å². The molecule has 0 radical (unpaired) electrons. The quantitative estimate of drug-likeness (QED) is 0.576. The van der Waals surface area contributed by atoms with Crippen molar-refractivity contribution >= 4 is 11.8 Å². The van der Waals surface area contributed by atoms with Gasteiger partial charge in [0.2, 0.25) is 0 Å². The molecule has 2 unspecified atom stereocenters. The molecule has 0 aromatic heterocycles. The lowest BCUT2D eigenvalue weighted by atomic mass is 10.0. The molecule has 1 heterocycles. The van der Waals surface area contributed by atoms with E-state index in [2.05, 4.69) is 6.92 Å². The molecular weight excluding hydrogens is 118 g/mol. The van der Waals surface area contributed by atoms with Gasteiger partial charge in [0, 0.05) is 6.04 Å². The molecule has 0 amide bonds. The maximum atomic E-state index is 5.68. The van der Waals surface area contributed by atoms with Gasteiger partial charge in [-0.15, -0.1) is 0 Å². The molecule has 1 rings (SSSR count). The Balaban J connectivity index is 2.24. The van der Waals surface area contributed by atoms with E-state index in [1.165, 1.54) is 17.9 Å². The Morgan fingerprint density at radius 1 is 1.75 bits per heavy atom. The second-order valence-electron chi connectivity index (χ2n) is 2.48. The van der Waals surface area contributed by atoms with Gasteiger partial charge in [0.15, 0.2) is 0 Å². The van der Waals surface area contributed by atoms with E-state index in [4.69, 9.17) is 5.73 Å². The van der Waals surface area contributed by atoms with Gasteiger partial charge in [-0.1, -0.05) is 0 Å². The van der Waals surface area contributed by atoms with Crippen LogP contribution in [0, 0.1) is 5.92 Å². The summed E-state index contributed by atoms with van der Waals surface area (Å²) in [5, 5.41) is 0. The summed E-state index contributed by atoms with van der Waals surface area (Å²) in [6.07, 6.45) is 1.34. The molecule has 0 aromatic rings. The van der Waals surface area contributed by atoms with Crippen molar-refractivity contribution in [2.45, 2.75) is 19.4 Å². The molecule has 0 aromatic carbocycles. The van der Waals surface area contributed by atoms with Crippen LogP contribution in [-0.2, 0) is 0 Å². The van der Waals surface area contributed by atoms with Crippen LogP contribution in [-0.4, -0.2) is 17.5 Å². The molecule has 1 aliphatic heterocycles. The van der Waals surface area contributed by atoms with Gasteiger partial charge in [0.05, 0.1) is 0 Å². The average Bonchev–Trinajstić information content (AvgIpc) is 2.12. The Labute approximate surface area is 55.0 Å². The Kier molecular flexibility index (Phi) is 2.20. The second kappa shape index (κ2) is 2.74. The number of hydrogen-bond donors (Lipinski definition) is 1. The summed E-state index contributed by atoms with van der Waals surface area (Å²) in [5.41, 5.74) is 5.68. The first kappa shape index (κ1) is 6.43. The van der Waals surface area contributed by atoms with Gasteiger partial charge >= 0.3 is 0 Å². The van der Waals surface area contributed by atoms with Crippen LogP contribution in [0.15, 0.2) is 0 Å². The first-order chi connectivity index (χ1) is 3.80. The van der Waals surface area contributed by atoms with Gasteiger partial charge in [0.1, 0.15) is 0 Å². The number of rotatable bonds is 1. The van der Waals surface area contributed by atoms with E-state index in [9.17, 15) is 0 Å². The van der Waals surface area contributed by atoms with Gasteiger partial charge < -0.3 is 5.73 Å². The highest BCUT2D eigenvalue weighted by molar-refractivity contribution is 7.99. The van der Waals surface area contributed by atoms with Crippen LogP contribution in [0.5, 0.6) is 0 Å². The van der Waals surface area contributed by atoms with Crippen LogP contribution < -0.4 is 5.73 Å². The smallest absolute Gasteiger partial charge is 0.00469 e. The van der Waals surface area contributed by atoms with Gasteiger partial charge in [-0.25, -0.2) is 0 Å². The van der Waals surface area contributed by atoms with Crippen molar-refractivity contribution in [1.82, 2.24) is 0 Å². The molecule has 2 atom stereocenters. The number of nitrogens with two attached hydrogens (primary N) is 1. The van der Waals surface area contributed by atoms with E-state index >= 15 is 0 Å². The van der Waals surface area contributed by atoms with Crippen LogP contribution in [0.2, 0.25) is 0 Å². The van der Waals surface area contributed by atoms with Crippen molar-refractivity contribution in [2.75, 3.05) is 11.5 Å². The fourth-order valence-electron chi connectivity index (χ4n) is 0.967. The van der Waals surface area contributed by atoms with Crippen molar-refractivity contribution in [3.05, 3.63) is 0 Å². The van der Waals surface area contributed by atoms with Gasteiger partial charge in [-0.05, 0) is 30.8 Å². The summed E-state index contributed by atoms with van der Waals surface area (Å²) in [7, 11) is 0. The van der Waals surface area contributed by atoms with E-state index in [-0.39, 0.29) is 0 Å². The highest BCUT2D eigenvalue weighted by atomic mass is 32.2. The van der Waals surface area contributed by atoms with E-state index in [0.29, 0.717) is 6.04 Å². The Bertz CT molecular complexity index is 66.9. The zero-order valence-electron chi connectivity index (χ0n) is 5.26. The number of hydrogen-bond acceptors (Lipinski definition) is 2. The molecular formula is C6H13NS. The highest BCUT2D eigenvalue weighted by Crippen LogP contribution is 2.24. The van der Waals surface area contributed by atoms with E-state index in [0.717, 1.165) is 5.92 Å². The molecule has 2 heteroatoms. The summed E-state index contributed by atoms with van der Waals surface area (Å²) in [5.74, 6) is 3.42. The molecule has 1 nitrogen and oxygen atoms in total. The minimum absolute atomic E-state index is 0.421. The minimum Gasteiger partial charge on any atom is -0.328 e. The third-order valence-corrected chi connectivity index (χ3v) is 2.90. The minimum atomic E-state index is 0.421. The SMILES string of the molecule is CC(N)C1CCSC1. The second-order valence-corrected chi connectivity index (χ2v) is 3.63. The van der Waals surface area contributed by atoms with Gasteiger partial charge in [-0.3, -0.25) is 0 Å². The average molecular weight is 131 g/mol. The third-order valence-electron chi connectivity index (χ3n) is 1.71. The third kappa shape index (κ3) is 1.39. The summed E-state index contributed by atoms with van der Waals surface area (Å²) in [6.45, 7) is 2.11. The van der Waals surface area contributed by atoms with Crippen LogP contribution in [0.1, 0.15) is 13.3 Å². The monoisotopic (exact) mass is 131 g/mol. The molecule has 0 bridgehead atoms. The molecule has 2 N–H and O–H groups in total. The molecule has 0 saturated carbocycles. The Hall–Kier alpha value is 0.310. The topological polar surface area (TPSA) is 26.0 Å². The van der Waals surface area contributed by atoms with Crippen molar-refractivity contribution in [2.24, 2.45) is 11.7 Å². The first-order valence-electron chi connectivity index (χ1n) is 3.14. The predicted molar refractivity (Wildman–Crippen MR) is 39.1 cm³/mol. The zero-order chi connectivity index (χ0) is 5.98. The van der Waals surface area contributed by atoms with Gasteiger partial charge in [0.25, 0.3) is 0 Å². The normalized spacial score (nSPS) is 33.0. The first-order valence-corrected chi connectivity index (χ1v) is 4.29. The fourth-order valence-corrected chi connectivity index (χ4v) is 2.38. The molecule has 1 fully saturated rings.